The van der Waals surface area contributed by atoms with E-state index >= 15 is 0 Å². The molecule has 0 bridgehead atoms. The second-order valence-electron chi connectivity index (χ2n) is 5.29. The van der Waals surface area contributed by atoms with Crippen molar-refractivity contribution in [1.82, 2.24) is 4.68 Å². The predicted octanol–water partition coefficient (Wildman–Crippen LogP) is 4.95. The molecule has 0 aliphatic carbocycles. The Hall–Kier alpha value is -1.98. The van der Waals surface area contributed by atoms with Crippen LogP contribution in [0, 0.1) is 0 Å². The van der Waals surface area contributed by atoms with E-state index in [1.165, 1.54) is 5.56 Å². The van der Waals surface area contributed by atoms with Crippen LogP contribution in [-0.4, -0.2) is 17.9 Å². The molecule has 0 saturated heterocycles. The Balaban J connectivity index is 1.98. The topological polar surface area (TPSA) is 29.6 Å². The van der Waals surface area contributed by atoms with E-state index < -0.39 is 0 Å². The van der Waals surface area contributed by atoms with Gasteiger partial charge in [0.05, 0.1) is 11.9 Å². The minimum Gasteiger partial charge on any atom is -0.261 e. The summed E-state index contributed by atoms with van der Waals surface area (Å²) in [7, 11) is 1.79. The average Bonchev–Trinajstić information content (AvgIpc) is 3.04. The first-order valence-electron chi connectivity index (χ1n) is 7.74. The molecule has 0 fully saturated rings. The van der Waals surface area contributed by atoms with Gasteiger partial charge in [-0.05, 0) is 29.7 Å². The van der Waals surface area contributed by atoms with E-state index in [4.69, 9.17) is 0 Å². The third kappa shape index (κ3) is 3.74. The monoisotopic (exact) mass is 399 g/mol. The standard InChI is InChI=1S/C19H18BrN3S/c1-3-14-4-6-15(7-5-14)12-22-23-18(13-24-19(23)21-2)16-8-10-17(20)11-9-16/h4-13H,3H2,1-2H3. The van der Waals surface area contributed by atoms with Crippen LogP contribution in [0.25, 0.3) is 11.3 Å². The maximum Gasteiger partial charge on any atom is 0.205 e. The van der Waals surface area contributed by atoms with E-state index in [2.05, 4.69) is 74.7 Å². The number of rotatable bonds is 4. The first kappa shape index (κ1) is 16.9. The molecule has 122 valence electrons. The Bertz CT molecular complexity index is 903. The zero-order chi connectivity index (χ0) is 16.9. The lowest BCUT2D eigenvalue weighted by atomic mass is 10.1. The van der Waals surface area contributed by atoms with Crippen molar-refractivity contribution in [2.24, 2.45) is 10.1 Å². The molecule has 3 aromatic rings. The summed E-state index contributed by atoms with van der Waals surface area (Å²) in [6.07, 6.45) is 2.92. The van der Waals surface area contributed by atoms with Gasteiger partial charge in [0, 0.05) is 22.5 Å². The first-order valence-corrected chi connectivity index (χ1v) is 9.41. The van der Waals surface area contributed by atoms with E-state index in [1.807, 2.05) is 23.0 Å². The Morgan fingerprint density at radius 1 is 1.08 bits per heavy atom. The van der Waals surface area contributed by atoms with Crippen LogP contribution in [0.1, 0.15) is 18.1 Å². The summed E-state index contributed by atoms with van der Waals surface area (Å²) in [6, 6.07) is 16.7. The molecule has 0 atom stereocenters. The van der Waals surface area contributed by atoms with Gasteiger partial charge in [0.15, 0.2) is 0 Å². The van der Waals surface area contributed by atoms with Crippen LogP contribution in [0.4, 0.5) is 0 Å². The van der Waals surface area contributed by atoms with Gasteiger partial charge in [-0.25, -0.2) is 4.68 Å². The Labute approximate surface area is 154 Å². The van der Waals surface area contributed by atoms with E-state index in [-0.39, 0.29) is 0 Å². The van der Waals surface area contributed by atoms with Crippen LogP contribution < -0.4 is 4.80 Å². The largest absolute Gasteiger partial charge is 0.261 e. The smallest absolute Gasteiger partial charge is 0.205 e. The molecule has 0 N–H and O–H groups in total. The fraction of sp³-hybridized carbons (Fsp3) is 0.158. The molecular formula is C19H18BrN3S. The van der Waals surface area contributed by atoms with Gasteiger partial charge >= 0.3 is 0 Å². The SMILES string of the molecule is CCc1ccc(C=Nn2c(-c3ccc(Br)cc3)csc2=NC)cc1. The Morgan fingerprint density at radius 3 is 2.42 bits per heavy atom. The van der Waals surface area contributed by atoms with Crippen molar-refractivity contribution in [3.8, 4) is 11.3 Å². The van der Waals surface area contributed by atoms with Crippen molar-refractivity contribution in [3.05, 3.63) is 74.3 Å². The molecule has 1 aromatic heterocycles. The molecule has 0 unspecified atom stereocenters. The number of hydrogen-bond donors (Lipinski definition) is 0. The third-order valence-corrected chi connectivity index (χ3v) is 5.16. The summed E-state index contributed by atoms with van der Waals surface area (Å²) in [5.41, 5.74) is 4.56. The van der Waals surface area contributed by atoms with E-state index in [0.29, 0.717) is 0 Å². The molecule has 1 heterocycles. The van der Waals surface area contributed by atoms with Crippen molar-refractivity contribution in [3.63, 3.8) is 0 Å². The highest BCUT2D eigenvalue weighted by atomic mass is 79.9. The van der Waals surface area contributed by atoms with Gasteiger partial charge in [-0.15, -0.1) is 11.3 Å². The quantitative estimate of drug-likeness (QED) is 0.555. The number of hydrogen-bond acceptors (Lipinski definition) is 3. The molecule has 5 heteroatoms. The maximum absolute atomic E-state index is 4.66. The number of benzene rings is 2. The molecule has 0 radical (unpaired) electrons. The Morgan fingerprint density at radius 2 is 1.79 bits per heavy atom. The third-order valence-electron chi connectivity index (χ3n) is 3.73. The zero-order valence-corrected chi connectivity index (χ0v) is 16.0. The van der Waals surface area contributed by atoms with Crippen molar-refractivity contribution in [1.29, 1.82) is 0 Å². The molecule has 24 heavy (non-hydrogen) atoms. The molecular weight excluding hydrogens is 382 g/mol. The number of halogens is 1. The van der Waals surface area contributed by atoms with Crippen LogP contribution in [0.2, 0.25) is 0 Å². The second kappa shape index (κ2) is 7.73. The highest BCUT2D eigenvalue weighted by Gasteiger charge is 2.06. The van der Waals surface area contributed by atoms with Gasteiger partial charge in [-0.2, -0.15) is 5.10 Å². The van der Waals surface area contributed by atoms with Gasteiger partial charge in [0.25, 0.3) is 0 Å². The maximum atomic E-state index is 4.66. The summed E-state index contributed by atoms with van der Waals surface area (Å²) in [6.45, 7) is 2.16. The van der Waals surface area contributed by atoms with Crippen molar-refractivity contribution in [2.75, 3.05) is 7.05 Å². The number of nitrogens with zero attached hydrogens (tertiary/aromatic N) is 3. The van der Waals surface area contributed by atoms with E-state index in [0.717, 1.165) is 32.5 Å². The van der Waals surface area contributed by atoms with Gasteiger partial charge in [0.1, 0.15) is 0 Å². The van der Waals surface area contributed by atoms with E-state index in [1.54, 1.807) is 18.4 Å². The molecule has 0 spiro atoms. The lowest BCUT2D eigenvalue weighted by Crippen LogP contribution is -2.11. The lowest BCUT2D eigenvalue weighted by Gasteiger charge is -2.04. The van der Waals surface area contributed by atoms with Crippen molar-refractivity contribution in [2.45, 2.75) is 13.3 Å². The molecule has 2 aromatic carbocycles. The summed E-state index contributed by atoms with van der Waals surface area (Å²) in [5.74, 6) is 0. The number of aryl methyl sites for hydroxylation is 1. The molecule has 3 rings (SSSR count). The zero-order valence-electron chi connectivity index (χ0n) is 13.6. The fourth-order valence-electron chi connectivity index (χ4n) is 2.35. The minimum absolute atomic E-state index is 0.870. The van der Waals surface area contributed by atoms with Gasteiger partial charge in [0.2, 0.25) is 4.80 Å². The lowest BCUT2D eigenvalue weighted by molar-refractivity contribution is 0.848. The normalized spacial score (nSPS) is 12.2. The van der Waals surface area contributed by atoms with E-state index in [9.17, 15) is 0 Å². The highest BCUT2D eigenvalue weighted by Crippen LogP contribution is 2.22. The van der Waals surface area contributed by atoms with Crippen LogP contribution in [0.3, 0.4) is 0 Å². The summed E-state index contributed by atoms with van der Waals surface area (Å²) < 4.78 is 2.95. The summed E-state index contributed by atoms with van der Waals surface area (Å²) in [5, 5.41) is 6.74. The van der Waals surface area contributed by atoms with Crippen LogP contribution >= 0.6 is 27.3 Å². The molecule has 0 amide bonds. The van der Waals surface area contributed by atoms with Crippen LogP contribution in [0.15, 0.2) is 68.5 Å². The molecule has 0 aliphatic rings. The Kier molecular flexibility index (Phi) is 5.43. The highest BCUT2D eigenvalue weighted by molar-refractivity contribution is 9.10. The summed E-state index contributed by atoms with van der Waals surface area (Å²) >= 11 is 5.06. The van der Waals surface area contributed by atoms with Gasteiger partial charge < -0.3 is 0 Å². The van der Waals surface area contributed by atoms with Crippen LogP contribution in [-0.2, 0) is 6.42 Å². The minimum atomic E-state index is 0.870. The predicted molar refractivity (Wildman–Crippen MR) is 106 cm³/mol. The van der Waals surface area contributed by atoms with Crippen molar-refractivity contribution < 1.29 is 0 Å². The molecule has 0 saturated carbocycles. The van der Waals surface area contributed by atoms with Crippen molar-refractivity contribution >= 4 is 33.5 Å². The fourth-order valence-corrected chi connectivity index (χ4v) is 3.41. The first-order chi connectivity index (χ1) is 11.7. The van der Waals surface area contributed by atoms with Crippen LogP contribution in [0.5, 0.6) is 0 Å². The number of thiazole rings is 1. The number of aromatic nitrogens is 1. The molecule has 0 aliphatic heterocycles. The van der Waals surface area contributed by atoms with Gasteiger partial charge in [-0.3, -0.25) is 4.99 Å². The second-order valence-corrected chi connectivity index (χ2v) is 7.04. The molecule has 3 nitrogen and oxygen atoms in total. The summed E-state index contributed by atoms with van der Waals surface area (Å²) in [4.78, 5) is 5.20. The van der Waals surface area contributed by atoms with Gasteiger partial charge in [-0.1, -0.05) is 59.3 Å². The average molecular weight is 400 g/mol.